The van der Waals surface area contributed by atoms with Crippen LogP contribution in [0.2, 0.25) is 0 Å². The van der Waals surface area contributed by atoms with Crippen LogP contribution in [0.1, 0.15) is 22.5 Å². The van der Waals surface area contributed by atoms with Gasteiger partial charge >= 0.3 is 0 Å². The zero-order valence-electron chi connectivity index (χ0n) is 12.4. The molecule has 3 heterocycles. The number of aromatic nitrogens is 2. The van der Waals surface area contributed by atoms with Crippen molar-refractivity contribution in [3.8, 4) is 0 Å². The lowest BCUT2D eigenvalue weighted by Crippen LogP contribution is -2.60. The van der Waals surface area contributed by atoms with Gasteiger partial charge in [0.15, 0.2) is 0 Å². The van der Waals surface area contributed by atoms with Crippen molar-refractivity contribution in [1.29, 1.82) is 0 Å². The van der Waals surface area contributed by atoms with Gasteiger partial charge in [0.1, 0.15) is 0 Å². The minimum absolute atomic E-state index is 0.0872. The van der Waals surface area contributed by atoms with Crippen molar-refractivity contribution in [3.05, 3.63) is 17.5 Å². The molecule has 0 aromatic carbocycles. The number of likely N-dealkylation sites (N-methyl/N-ethyl adjacent to an activating group) is 1. The molecule has 6 heteroatoms. The van der Waals surface area contributed by atoms with Gasteiger partial charge in [-0.3, -0.25) is 9.48 Å². The summed E-state index contributed by atoms with van der Waals surface area (Å²) in [4.78, 5) is 17.0. The van der Waals surface area contributed by atoms with Crippen molar-refractivity contribution < 1.29 is 9.53 Å². The number of piperidine rings is 1. The number of rotatable bonds is 1. The molecule has 2 aliphatic rings. The molecule has 6 nitrogen and oxygen atoms in total. The first-order valence-electron chi connectivity index (χ1n) is 7.17. The third-order valence-corrected chi connectivity index (χ3v) is 4.29. The van der Waals surface area contributed by atoms with Crippen molar-refractivity contribution >= 4 is 5.91 Å². The molecule has 0 bridgehead atoms. The van der Waals surface area contributed by atoms with Crippen LogP contribution in [0.3, 0.4) is 0 Å². The number of nitrogens with zero attached hydrogens (tertiary/aromatic N) is 4. The minimum Gasteiger partial charge on any atom is -0.374 e. The van der Waals surface area contributed by atoms with Gasteiger partial charge in [-0.2, -0.15) is 5.10 Å². The first-order chi connectivity index (χ1) is 9.56. The standard InChI is InChI=1S/C14H22N4O2/c1-10-11(8-17(3)15-10)14(19)18-6-7-20-13-4-5-16(2)9-12(13)18/h8,12-13H,4-7,9H2,1-3H3/t12-,13+/m0/s1. The average Bonchev–Trinajstić information content (AvgIpc) is 2.76. The lowest BCUT2D eigenvalue weighted by molar-refractivity contribution is -0.0870. The van der Waals surface area contributed by atoms with E-state index in [0.717, 1.165) is 25.2 Å². The van der Waals surface area contributed by atoms with Crippen molar-refractivity contribution in [2.45, 2.75) is 25.5 Å². The lowest BCUT2D eigenvalue weighted by atomic mass is 9.98. The maximum atomic E-state index is 12.8. The quantitative estimate of drug-likeness (QED) is 0.740. The van der Waals surface area contributed by atoms with E-state index < -0.39 is 0 Å². The second kappa shape index (κ2) is 5.18. The molecule has 0 saturated carbocycles. The van der Waals surface area contributed by atoms with Crippen LogP contribution in [-0.4, -0.2) is 70.9 Å². The number of carbonyl (C=O) groups is 1. The number of hydrogen-bond acceptors (Lipinski definition) is 4. The Morgan fingerprint density at radius 1 is 1.40 bits per heavy atom. The first-order valence-corrected chi connectivity index (χ1v) is 7.17. The van der Waals surface area contributed by atoms with Gasteiger partial charge in [-0.15, -0.1) is 0 Å². The molecule has 0 N–H and O–H groups in total. The van der Waals surface area contributed by atoms with Gasteiger partial charge in [0.25, 0.3) is 5.91 Å². The number of carbonyl (C=O) groups excluding carboxylic acids is 1. The first kappa shape index (κ1) is 13.6. The summed E-state index contributed by atoms with van der Waals surface area (Å²) < 4.78 is 7.54. The largest absolute Gasteiger partial charge is 0.374 e. The van der Waals surface area contributed by atoms with Gasteiger partial charge in [0.05, 0.1) is 30.0 Å². The Labute approximate surface area is 119 Å². The van der Waals surface area contributed by atoms with E-state index in [4.69, 9.17) is 4.74 Å². The van der Waals surface area contributed by atoms with Crippen LogP contribution in [0, 0.1) is 6.92 Å². The number of likely N-dealkylation sites (tertiary alicyclic amines) is 1. The van der Waals surface area contributed by atoms with E-state index >= 15 is 0 Å². The summed E-state index contributed by atoms with van der Waals surface area (Å²) in [5, 5.41) is 4.27. The zero-order valence-corrected chi connectivity index (χ0v) is 12.4. The Bertz CT molecular complexity index is 513. The number of ether oxygens (including phenoxy) is 1. The summed E-state index contributed by atoms with van der Waals surface area (Å²) in [5.74, 6) is 0.0872. The fourth-order valence-electron chi connectivity index (χ4n) is 3.25. The summed E-state index contributed by atoms with van der Waals surface area (Å²) in [6.45, 7) is 5.11. The number of amides is 1. The molecule has 20 heavy (non-hydrogen) atoms. The number of hydrogen-bond donors (Lipinski definition) is 0. The van der Waals surface area contributed by atoms with Crippen LogP contribution in [-0.2, 0) is 11.8 Å². The Morgan fingerprint density at radius 2 is 2.20 bits per heavy atom. The lowest BCUT2D eigenvalue weighted by Gasteiger charge is -2.46. The number of morpholine rings is 1. The van der Waals surface area contributed by atoms with Crippen LogP contribution >= 0.6 is 0 Å². The molecule has 1 aromatic rings. The van der Waals surface area contributed by atoms with Crippen LogP contribution in [0.25, 0.3) is 0 Å². The molecule has 1 amide bonds. The molecule has 1 aromatic heterocycles. The predicted octanol–water partition coefficient (Wildman–Crippen LogP) is 0.274. The molecule has 0 aliphatic carbocycles. The fraction of sp³-hybridized carbons (Fsp3) is 0.714. The SMILES string of the molecule is Cc1nn(C)cc1C(=O)N1CCO[C@@H]2CCN(C)C[C@@H]21. The van der Waals surface area contributed by atoms with Crippen LogP contribution in [0.4, 0.5) is 0 Å². The summed E-state index contributed by atoms with van der Waals surface area (Å²) in [5.41, 5.74) is 1.51. The van der Waals surface area contributed by atoms with Gasteiger partial charge in [-0.05, 0) is 20.4 Å². The topological polar surface area (TPSA) is 50.6 Å². The maximum absolute atomic E-state index is 12.8. The average molecular weight is 278 g/mol. The van der Waals surface area contributed by atoms with Crippen molar-refractivity contribution in [2.24, 2.45) is 7.05 Å². The summed E-state index contributed by atoms with van der Waals surface area (Å²) in [6.07, 6.45) is 2.99. The normalized spacial score (nSPS) is 27.4. The van der Waals surface area contributed by atoms with E-state index in [1.807, 2.05) is 25.1 Å². The molecular weight excluding hydrogens is 256 g/mol. The third-order valence-electron chi connectivity index (χ3n) is 4.29. The molecule has 3 rings (SSSR count). The molecule has 2 saturated heterocycles. The van der Waals surface area contributed by atoms with E-state index in [2.05, 4.69) is 17.0 Å². The maximum Gasteiger partial charge on any atom is 0.257 e. The van der Waals surface area contributed by atoms with E-state index in [1.165, 1.54) is 0 Å². The number of fused-ring (bicyclic) bond motifs is 1. The highest BCUT2D eigenvalue weighted by Crippen LogP contribution is 2.24. The highest BCUT2D eigenvalue weighted by atomic mass is 16.5. The molecule has 0 unspecified atom stereocenters. The van der Waals surface area contributed by atoms with E-state index in [0.29, 0.717) is 18.7 Å². The molecule has 2 atom stereocenters. The molecule has 0 spiro atoms. The summed E-state index contributed by atoms with van der Waals surface area (Å²) in [6, 6.07) is 0.162. The Morgan fingerprint density at radius 3 is 2.90 bits per heavy atom. The van der Waals surface area contributed by atoms with Crippen LogP contribution < -0.4 is 0 Å². The van der Waals surface area contributed by atoms with Gasteiger partial charge in [0, 0.05) is 32.9 Å². The predicted molar refractivity (Wildman–Crippen MR) is 74.6 cm³/mol. The highest BCUT2D eigenvalue weighted by Gasteiger charge is 2.39. The molecule has 110 valence electrons. The van der Waals surface area contributed by atoms with Gasteiger partial charge in [0.2, 0.25) is 0 Å². The Balaban J connectivity index is 1.84. The molecular formula is C14H22N4O2. The molecule has 2 fully saturated rings. The van der Waals surface area contributed by atoms with Gasteiger partial charge < -0.3 is 14.5 Å². The Kier molecular flexibility index (Phi) is 3.52. The van der Waals surface area contributed by atoms with Crippen molar-refractivity contribution in [3.63, 3.8) is 0 Å². The second-order valence-corrected chi connectivity index (χ2v) is 5.83. The van der Waals surface area contributed by atoms with E-state index in [9.17, 15) is 4.79 Å². The molecule has 0 radical (unpaired) electrons. The van der Waals surface area contributed by atoms with Gasteiger partial charge in [-0.25, -0.2) is 0 Å². The zero-order chi connectivity index (χ0) is 14.3. The third kappa shape index (κ3) is 2.33. The second-order valence-electron chi connectivity index (χ2n) is 5.83. The minimum atomic E-state index is 0.0872. The Hall–Kier alpha value is -1.40. The van der Waals surface area contributed by atoms with Crippen molar-refractivity contribution in [1.82, 2.24) is 19.6 Å². The van der Waals surface area contributed by atoms with Crippen molar-refractivity contribution in [2.75, 3.05) is 33.3 Å². The van der Waals surface area contributed by atoms with Crippen LogP contribution in [0.15, 0.2) is 6.20 Å². The summed E-state index contributed by atoms with van der Waals surface area (Å²) >= 11 is 0. The summed E-state index contributed by atoms with van der Waals surface area (Å²) in [7, 11) is 3.95. The monoisotopic (exact) mass is 278 g/mol. The van der Waals surface area contributed by atoms with E-state index in [1.54, 1.807) is 4.68 Å². The van der Waals surface area contributed by atoms with Crippen LogP contribution in [0.5, 0.6) is 0 Å². The molecule has 2 aliphatic heterocycles. The highest BCUT2D eigenvalue weighted by molar-refractivity contribution is 5.95. The van der Waals surface area contributed by atoms with E-state index in [-0.39, 0.29) is 18.1 Å². The van der Waals surface area contributed by atoms with Gasteiger partial charge in [-0.1, -0.05) is 0 Å². The smallest absolute Gasteiger partial charge is 0.257 e. The number of aryl methyl sites for hydroxylation is 2. The fourth-order valence-corrected chi connectivity index (χ4v) is 3.25.